The lowest BCUT2D eigenvalue weighted by atomic mass is 9.90. The van der Waals surface area contributed by atoms with Gasteiger partial charge < -0.3 is 0 Å². The third-order valence-corrected chi connectivity index (χ3v) is 3.38. The van der Waals surface area contributed by atoms with Crippen molar-refractivity contribution in [3.63, 3.8) is 0 Å². The van der Waals surface area contributed by atoms with Gasteiger partial charge in [-0.25, -0.2) is 0 Å². The third-order valence-electron chi connectivity index (χ3n) is 3.38. The first-order chi connectivity index (χ1) is 7.07. The van der Waals surface area contributed by atoms with Crippen LogP contribution in [0, 0.1) is 0 Å². The predicted molar refractivity (Wildman–Crippen MR) is 64.1 cm³/mol. The summed E-state index contributed by atoms with van der Waals surface area (Å²) in [4.78, 5) is 4.59. The molecule has 1 heterocycles. The van der Waals surface area contributed by atoms with E-state index in [9.17, 15) is 0 Å². The average molecular weight is 203 g/mol. The van der Waals surface area contributed by atoms with Crippen molar-refractivity contribution in [1.29, 1.82) is 0 Å². The Labute approximate surface area is 92.9 Å². The average Bonchev–Trinajstić information content (AvgIpc) is 2.69. The Hall–Kier alpha value is -0.850. The molecule has 0 unspecified atom stereocenters. The second kappa shape index (κ2) is 3.96. The first-order valence-corrected chi connectivity index (χ1v) is 6.04. The molecule has 1 fully saturated rings. The molecule has 0 atom stereocenters. The molecule has 1 aromatic rings. The normalized spacial score (nSPS) is 18.3. The van der Waals surface area contributed by atoms with Crippen molar-refractivity contribution in [3.05, 3.63) is 29.6 Å². The minimum Gasteiger partial charge on any atom is -0.260 e. The Morgan fingerprint density at radius 1 is 1.13 bits per heavy atom. The van der Waals surface area contributed by atoms with Crippen LogP contribution >= 0.6 is 0 Å². The second-order valence-corrected chi connectivity index (χ2v) is 5.71. The Bertz CT molecular complexity index is 312. The highest BCUT2D eigenvalue weighted by molar-refractivity contribution is 5.22. The van der Waals surface area contributed by atoms with Gasteiger partial charge in [0.1, 0.15) is 0 Å². The molecular weight excluding hydrogens is 182 g/mol. The molecule has 0 aromatic carbocycles. The van der Waals surface area contributed by atoms with Gasteiger partial charge in [0.15, 0.2) is 0 Å². The van der Waals surface area contributed by atoms with Crippen LogP contribution < -0.4 is 0 Å². The summed E-state index contributed by atoms with van der Waals surface area (Å²) in [5.74, 6) is 0.784. The molecule has 0 N–H and O–H groups in total. The minimum atomic E-state index is 0.175. The van der Waals surface area contributed by atoms with E-state index in [1.54, 1.807) is 0 Å². The van der Waals surface area contributed by atoms with E-state index in [4.69, 9.17) is 0 Å². The Morgan fingerprint density at radius 2 is 1.80 bits per heavy atom. The van der Waals surface area contributed by atoms with E-state index in [1.807, 2.05) is 0 Å². The number of hydrogen-bond acceptors (Lipinski definition) is 1. The molecule has 0 amide bonds. The summed E-state index contributed by atoms with van der Waals surface area (Å²) in [5.41, 5.74) is 2.82. The molecule has 1 saturated carbocycles. The van der Waals surface area contributed by atoms with Gasteiger partial charge in [-0.2, -0.15) is 0 Å². The van der Waals surface area contributed by atoms with Crippen LogP contribution in [-0.2, 0) is 5.41 Å². The maximum absolute atomic E-state index is 4.59. The van der Waals surface area contributed by atoms with Gasteiger partial charge in [-0.15, -0.1) is 0 Å². The fourth-order valence-electron chi connectivity index (χ4n) is 2.35. The van der Waals surface area contributed by atoms with E-state index in [-0.39, 0.29) is 5.41 Å². The van der Waals surface area contributed by atoms with E-state index in [0.29, 0.717) is 0 Å². The van der Waals surface area contributed by atoms with Crippen molar-refractivity contribution < 1.29 is 0 Å². The van der Waals surface area contributed by atoms with Crippen molar-refractivity contribution in [2.45, 2.75) is 57.8 Å². The van der Waals surface area contributed by atoms with Crippen molar-refractivity contribution in [2.75, 3.05) is 0 Å². The monoisotopic (exact) mass is 203 g/mol. The fourth-order valence-corrected chi connectivity index (χ4v) is 2.35. The zero-order valence-corrected chi connectivity index (χ0v) is 10.1. The van der Waals surface area contributed by atoms with Gasteiger partial charge in [0.25, 0.3) is 0 Å². The zero-order valence-electron chi connectivity index (χ0n) is 10.1. The van der Waals surface area contributed by atoms with E-state index in [0.717, 1.165) is 5.92 Å². The van der Waals surface area contributed by atoms with Crippen LogP contribution in [0.1, 0.15) is 63.6 Å². The van der Waals surface area contributed by atoms with Crippen LogP contribution in [0.15, 0.2) is 18.3 Å². The third kappa shape index (κ3) is 2.39. The number of nitrogens with zero attached hydrogens (tertiary/aromatic N) is 1. The predicted octanol–water partition coefficient (Wildman–Crippen LogP) is 4.04. The first kappa shape index (κ1) is 10.7. The van der Waals surface area contributed by atoms with Gasteiger partial charge >= 0.3 is 0 Å². The lowest BCUT2D eigenvalue weighted by Gasteiger charge is -2.18. The summed E-state index contributed by atoms with van der Waals surface area (Å²) in [7, 11) is 0. The lowest BCUT2D eigenvalue weighted by molar-refractivity contribution is 0.567. The van der Waals surface area contributed by atoms with Crippen molar-refractivity contribution in [2.24, 2.45) is 0 Å². The number of aromatic nitrogens is 1. The van der Waals surface area contributed by atoms with Gasteiger partial charge in [-0.3, -0.25) is 4.98 Å². The fraction of sp³-hybridized carbons (Fsp3) is 0.643. The number of hydrogen-bond donors (Lipinski definition) is 0. The van der Waals surface area contributed by atoms with Crippen LogP contribution in [0.3, 0.4) is 0 Å². The zero-order chi connectivity index (χ0) is 10.9. The van der Waals surface area contributed by atoms with Gasteiger partial charge in [-0.05, 0) is 30.4 Å². The summed E-state index contributed by atoms with van der Waals surface area (Å²) in [6, 6.07) is 4.48. The number of rotatable bonds is 1. The van der Waals surface area contributed by atoms with E-state index in [2.05, 4.69) is 44.1 Å². The summed E-state index contributed by atoms with van der Waals surface area (Å²) in [5, 5.41) is 0. The standard InChI is InChI=1S/C14H21N/c1-14(2,3)13-9-8-12(10-15-13)11-6-4-5-7-11/h8-11H,4-7H2,1-3H3. The van der Waals surface area contributed by atoms with E-state index >= 15 is 0 Å². The Kier molecular flexibility index (Phi) is 2.81. The Balaban J connectivity index is 2.16. The molecule has 1 heteroatoms. The van der Waals surface area contributed by atoms with Crippen LogP contribution in [-0.4, -0.2) is 4.98 Å². The molecule has 1 nitrogen and oxygen atoms in total. The van der Waals surface area contributed by atoms with Crippen LogP contribution in [0.25, 0.3) is 0 Å². The summed E-state index contributed by atoms with van der Waals surface area (Å²) in [6.45, 7) is 6.64. The highest BCUT2D eigenvalue weighted by atomic mass is 14.7. The molecular formula is C14H21N. The maximum atomic E-state index is 4.59. The van der Waals surface area contributed by atoms with Gasteiger partial charge in [-0.1, -0.05) is 39.7 Å². The van der Waals surface area contributed by atoms with Crippen molar-refractivity contribution >= 4 is 0 Å². The van der Waals surface area contributed by atoms with E-state index in [1.165, 1.54) is 36.9 Å². The van der Waals surface area contributed by atoms with Crippen LogP contribution in [0.4, 0.5) is 0 Å². The highest BCUT2D eigenvalue weighted by Crippen LogP contribution is 2.34. The quantitative estimate of drug-likeness (QED) is 0.671. The maximum Gasteiger partial charge on any atom is 0.0457 e. The smallest absolute Gasteiger partial charge is 0.0457 e. The SMILES string of the molecule is CC(C)(C)c1ccc(C2CCCC2)cn1. The Morgan fingerprint density at radius 3 is 2.27 bits per heavy atom. The molecule has 15 heavy (non-hydrogen) atoms. The van der Waals surface area contributed by atoms with Crippen molar-refractivity contribution in [1.82, 2.24) is 4.98 Å². The molecule has 0 bridgehead atoms. The molecule has 0 spiro atoms. The molecule has 0 radical (unpaired) electrons. The number of pyridine rings is 1. The largest absolute Gasteiger partial charge is 0.260 e. The van der Waals surface area contributed by atoms with Gasteiger partial charge in [0.2, 0.25) is 0 Å². The molecule has 82 valence electrons. The molecule has 0 saturated heterocycles. The summed E-state index contributed by atoms with van der Waals surface area (Å²) >= 11 is 0. The summed E-state index contributed by atoms with van der Waals surface area (Å²) in [6.07, 6.45) is 7.60. The molecule has 1 aliphatic carbocycles. The van der Waals surface area contributed by atoms with Crippen LogP contribution in [0.5, 0.6) is 0 Å². The first-order valence-electron chi connectivity index (χ1n) is 6.04. The molecule has 1 aromatic heterocycles. The van der Waals surface area contributed by atoms with E-state index < -0.39 is 0 Å². The second-order valence-electron chi connectivity index (χ2n) is 5.71. The van der Waals surface area contributed by atoms with Gasteiger partial charge in [0.05, 0.1) is 0 Å². The van der Waals surface area contributed by atoms with Gasteiger partial charge in [0, 0.05) is 17.3 Å². The topological polar surface area (TPSA) is 12.9 Å². The minimum absolute atomic E-state index is 0.175. The molecule has 2 rings (SSSR count). The molecule has 1 aliphatic rings. The summed E-state index contributed by atoms with van der Waals surface area (Å²) < 4.78 is 0. The van der Waals surface area contributed by atoms with Crippen molar-refractivity contribution in [3.8, 4) is 0 Å². The lowest BCUT2D eigenvalue weighted by Crippen LogP contribution is -2.13. The molecule has 0 aliphatic heterocycles. The highest BCUT2D eigenvalue weighted by Gasteiger charge is 2.19. The van der Waals surface area contributed by atoms with Crippen LogP contribution in [0.2, 0.25) is 0 Å².